The van der Waals surface area contributed by atoms with E-state index in [4.69, 9.17) is 0 Å². The quantitative estimate of drug-likeness (QED) is 0.667. The number of hydrogen-bond donors (Lipinski definition) is 0. The standard InChI is InChI=1S/C25H27N3O/c29-24-11-10-23(21-9-4-12-26-15-21)25-22-14-20(17-28(24)25)16-27(18-22)13-5-8-19-6-2-1-3-7-19/h1-4,6-7,9-12,15,20,22H,5,8,13-14,16-18H2/t20-,22+/m0/s1. The molecular formula is C25H27N3O. The van der Waals surface area contributed by atoms with Crippen LogP contribution in [0.15, 0.2) is 71.8 Å². The third-order valence-electron chi connectivity index (χ3n) is 6.42. The summed E-state index contributed by atoms with van der Waals surface area (Å²) >= 11 is 0. The van der Waals surface area contributed by atoms with Gasteiger partial charge >= 0.3 is 0 Å². The van der Waals surface area contributed by atoms with Crippen LogP contribution in [0.25, 0.3) is 11.1 Å². The third-order valence-corrected chi connectivity index (χ3v) is 6.42. The van der Waals surface area contributed by atoms with Gasteiger partial charge in [0, 0.05) is 60.8 Å². The van der Waals surface area contributed by atoms with E-state index >= 15 is 0 Å². The predicted octanol–water partition coefficient (Wildman–Crippen LogP) is 3.96. The SMILES string of the molecule is O=c1ccc(-c2cccnc2)c2n1C[C@H]1C[C@@H]2CN(CCCc2ccccc2)C1. The monoisotopic (exact) mass is 385 g/mol. The summed E-state index contributed by atoms with van der Waals surface area (Å²) in [6.45, 7) is 4.12. The highest BCUT2D eigenvalue weighted by Gasteiger charge is 2.36. The number of piperidine rings is 1. The van der Waals surface area contributed by atoms with E-state index in [2.05, 4.69) is 46.3 Å². The van der Waals surface area contributed by atoms with Crippen molar-refractivity contribution in [3.8, 4) is 11.1 Å². The number of nitrogens with zero attached hydrogens (tertiary/aromatic N) is 3. The zero-order valence-corrected chi connectivity index (χ0v) is 16.7. The molecule has 1 fully saturated rings. The molecule has 0 unspecified atom stereocenters. The van der Waals surface area contributed by atoms with Gasteiger partial charge in [-0.05, 0) is 49.4 Å². The molecule has 2 aromatic heterocycles. The van der Waals surface area contributed by atoms with Crippen molar-refractivity contribution in [1.29, 1.82) is 0 Å². The second-order valence-electron chi connectivity index (χ2n) is 8.47. The zero-order chi connectivity index (χ0) is 19.6. The molecule has 2 aliphatic heterocycles. The first-order chi connectivity index (χ1) is 14.3. The Labute approximate surface area is 171 Å². The van der Waals surface area contributed by atoms with E-state index in [1.165, 1.54) is 29.7 Å². The van der Waals surface area contributed by atoms with Crippen molar-refractivity contribution in [2.24, 2.45) is 5.92 Å². The maximum absolute atomic E-state index is 12.6. The minimum atomic E-state index is 0.139. The summed E-state index contributed by atoms with van der Waals surface area (Å²) in [7, 11) is 0. The molecule has 1 aromatic carbocycles. The van der Waals surface area contributed by atoms with Gasteiger partial charge in [-0.3, -0.25) is 9.78 Å². The fourth-order valence-electron chi connectivity index (χ4n) is 5.21. The largest absolute Gasteiger partial charge is 0.311 e. The number of fused-ring (bicyclic) bond motifs is 4. The zero-order valence-electron chi connectivity index (χ0n) is 16.7. The number of pyridine rings is 2. The van der Waals surface area contributed by atoms with E-state index < -0.39 is 0 Å². The maximum Gasteiger partial charge on any atom is 0.250 e. The van der Waals surface area contributed by atoms with E-state index in [0.29, 0.717) is 11.8 Å². The Morgan fingerprint density at radius 1 is 0.966 bits per heavy atom. The van der Waals surface area contributed by atoms with E-state index in [1.807, 2.05) is 22.9 Å². The fraction of sp³-hybridized carbons (Fsp3) is 0.360. The van der Waals surface area contributed by atoms with Crippen molar-refractivity contribution in [3.05, 3.63) is 88.6 Å². The van der Waals surface area contributed by atoms with Crippen molar-refractivity contribution in [2.75, 3.05) is 19.6 Å². The van der Waals surface area contributed by atoms with Crippen LogP contribution in [0.2, 0.25) is 0 Å². The molecule has 4 nitrogen and oxygen atoms in total. The maximum atomic E-state index is 12.6. The highest BCUT2D eigenvalue weighted by Crippen LogP contribution is 2.39. The lowest BCUT2D eigenvalue weighted by Crippen LogP contribution is -2.47. The van der Waals surface area contributed by atoms with Crippen molar-refractivity contribution < 1.29 is 0 Å². The molecule has 0 spiro atoms. The van der Waals surface area contributed by atoms with Gasteiger partial charge in [0.2, 0.25) is 0 Å². The Hall–Kier alpha value is -2.72. The van der Waals surface area contributed by atoms with Crippen LogP contribution in [0, 0.1) is 5.92 Å². The van der Waals surface area contributed by atoms with Gasteiger partial charge in [0.25, 0.3) is 5.56 Å². The molecular weight excluding hydrogens is 358 g/mol. The van der Waals surface area contributed by atoms with Gasteiger partial charge in [0.05, 0.1) is 0 Å². The van der Waals surface area contributed by atoms with Crippen molar-refractivity contribution >= 4 is 0 Å². The number of hydrogen-bond acceptors (Lipinski definition) is 3. The minimum Gasteiger partial charge on any atom is -0.311 e. The van der Waals surface area contributed by atoms with Gasteiger partial charge in [0.15, 0.2) is 0 Å². The highest BCUT2D eigenvalue weighted by molar-refractivity contribution is 5.66. The summed E-state index contributed by atoms with van der Waals surface area (Å²) in [5, 5.41) is 0. The average Bonchev–Trinajstić information content (AvgIpc) is 2.76. The first kappa shape index (κ1) is 18.3. The second kappa shape index (κ2) is 7.96. The first-order valence-corrected chi connectivity index (χ1v) is 10.7. The molecule has 2 aliphatic rings. The molecule has 0 amide bonds. The number of likely N-dealkylation sites (tertiary alicyclic amines) is 1. The van der Waals surface area contributed by atoms with Crippen LogP contribution in [0.1, 0.15) is 30.0 Å². The molecule has 5 rings (SSSR count). The summed E-state index contributed by atoms with van der Waals surface area (Å²) in [5.41, 5.74) is 5.05. The van der Waals surface area contributed by atoms with Gasteiger partial charge in [0.1, 0.15) is 0 Å². The summed E-state index contributed by atoms with van der Waals surface area (Å²) in [6, 6.07) is 18.5. The molecule has 4 heterocycles. The van der Waals surface area contributed by atoms with E-state index in [0.717, 1.165) is 38.2 Å². The van der Waals surface area contributed by atoms with Crippen LogP contribution in [-0.4, -0.2) is 34.1 Å². The van der Waals surface area contributed by atoms with Crippen LogP contribution < -0.4 is 5.56 Å². The average molecular weight is 386 g/mol. The molecule has 1 saturated heterocycles. The summed E-state index contributed by atoms with van der Waals surface area (Å²) < 4.78 is 2.04. The molecule has 0 aliphatic carbocycles. The predicted molar refractivity (Wildman–Crippen MR) is 116 cm³/mol. The van der Waals surface area contributed by atoms with Crippen molar-refractivity contribution in [3.63, 3.8) is 0 Å². The molecule has 2 atom stereocenters. The van der Waals surface area contributed by atoms with E-state index in [-0.39, 0.29) is 5.56 Å². The normalized spacial score (nSPS) is 21.0. The molecule has 29 heavy (non-hydrogen) atoms. The van der Waals surface area contributed by atoms with Gasteiger partial charge in [-0.25, -0.2) is 0 Å². The number of benzene rings is 1. The summed E-state index contributed by atoms with van der Waals surface area (Å²) in [6.07, 6.45) is 7.21. The van der Waals surface area contributed by atoms with Crippen LogP contribution in [-0.2, 0) is 13.0 Å². The Morgan fingerprint density at radius 2 is 1.86 bits per heavy atom. The summed E-state index contributed by atoms with van der Waals surface area (Å²) in [4.78, 5) is 19.5. The number of rotatable bonds is 5. The lowest BCUT2D eigenvalue weighted by atomic mass is 9.80. The first-order valence-electron chi connectivity index (χ1n) is 10.7. The van der Waals surface area contributed by atoms with Crippen molar-refractivity contribution in [2.45, 2.75) is 31.7 Å². The van der Waals surface area contributed by atoms with E-state index in [9.17, 15) is 4.79 Å². The van der Waals surface area contributed by atoms with Gasteiger partial charge in [-0.15, -0.1) is 0 Å². The molecule has 4 heteroatoms. The van der Waals surface area contributed by atoms with Crippen LogP contribution in [0.3, 0.4) is 0 Å². The summed E-state index contributed by atoms with van der Waals surface area (Å²) in [5.74, 6) is 0.989. The van der Waals surface area contributed by atoms with Gasteiger partial charge < -0.3 is 9.47 Å². The van der Waals surface area contributed by atoms with Crippen LogP contribution in [0.4, 0.5) is 0 Å². The molecule has 0 saturated carbocycles. The lowest BCUT2D eigenvalue weighted by molar-refractivity contribution is 0.119. The smallest absolute Gasteiger partial charge is 0.250 e. The molecule has 0 N–H and O–H groups in total. The van der Waals surface area contributed by atoms with Crippen LogP contribution in [0.5, 0.6) is 0 Å². The van der Waals surface area contributed by atoms with E-state index in [1.54, 1.807) is 12.3 Å². The Kier molecular flexibility index (Phi) is 5.03. The number of aryl methyl sites for hydroxylation is 1. The fourth-order valence-corrected chi connectivity index (χ4v) is 5.21. The minimum absolute atomic E-state index is 0.139. The number of aromatic nitrogens is 2. The molecule has 148 valence electrons. The Balaban J connectivity index is 1.37. The lowest BCUT2D eigenvalue weighted by Gasteiger charge is -2.43. The molecule has 0 radical (unpaired) electrons. The highest BCUT2D eigenvalue weighted by atomic mass is 16.1. The van der Waals surface area contributed by atoms with Gasteiger partial charge in [-0.1, -0.05) is 36.4 Å². The van der Waals surface area contributed by atoms with Crippen molar-refractivity contribution in [1.82, 2.24) is 14.5 Å². The van der Waals surface area contributed by atoms with Gasteiger partial charge in [-0.2, -0.15) is 0 Å². The third kappa shape index (κ3) is 3.77. The molecule has 3 aromatic rings. The molecule has 2 bridgehead atoms. The Bertz CT molecular complexity index is 1030. The topological polar surface area (TPSA) is 38.1 Å². The Morgan fingerprint density at radius 3 is 2.69 bits per heavy atom. The second-order valence-corrected chi connectivity index (χ2v) is 8.47. The van der Waals surface area contributed by atoms with Crippen LogP contribution >= 0.6 is 0 Å².